The summed E-state index contributed by atoms with van der Waals surface area (Å²) < 4.78 is 12.7. The van der Waals surface area contributed by atoms with Crippen LogP contribution in [0.4, 0.5) is 10.2 Å². The molecule has 1 fully saturated rings. The van der Waals surface area contributed by atoms with E-state index in [0.29, 0.717) is 12.2 Å². The number of nitrogens with zero attached hydrogens (tertiary/aromatic N) is 1. The summed E-state index contributed by atoms with van der Waals surface area (Å²) in [7, 11) is 1.91. The fourth-order valence-electron chi connectivity index (χ4n) is 2.69. The van der Waals surface area contributed by atoms with Crippen LogP contribution in [0.25, 0.3) is 0 Å². The highest BCUT2D eigenvalue weighted by atomic mass is 19.1. The first-order chi connectivity index (χ1) is 9.13. The molecule has 1 aromatic rings. The molecule has 104 valence electrons. The number of pyridine rings is 1. The molecule has 0 aliphatic heterocycles. The fourth-order valence-corrected chi connectivity index (χ4v) is 2.69. The molecule has 1 heterocycles. The lowest BCUT2D eigenvalue weighted by Crippen LogP contribution is -2.47. The summed E-state index contributed by atoms with van der Waals surface area (Å²) in [6.45, 7) is 0. The molecule has 0 aromatic carbocycles. The van der Waals surface area contributed by atoms with Crippen LogP contribution in [0.3, 0.4) is 0 Å². The van der Waals surface area contributed by atoms with Crippen LogP contribution in [-0.4, -0.2) is 23.5 Å². The first kappa shape index (κ1) is 13.9. The number of carbonyl (C=O) groups excluding carboxylic acids is 1. The van der Waals surface area contributed by atoms with E-state index in [-0.39, 0.29) is 11.4 Å². The molecule has 4 nitrogen and oxygen atoms in total. The molecule has 2 N–H and O–H groups in total. The van der Waals surface area contributed by atoms with Crippen LogP contribution in [-0.2, 0) is 4.79 Å². The number of nitrogens with one attached hydrogen (secondary N) is 2. The highest BCUT2D eigenvalue weighted by molar-refractivity contribution is 5.90. The number of carbonyl (C=O) groups is 1. The van der Waals surface area contributed by atoms with Crippen molar-refractivity contribution < 1.29 is 9.18 Å². The summed E-state index contributed by atoms with van der Waals surface area (Å²) in [6.07, 6.45) is 7.13. The Morgan fingerprint density at radius 2 is 2.11 bits per heavy atom. The van der Waals surface area contributed by atoms with E-state index in [4.69, 9.17) is 0 Å². The van der Waals surface area contributed by atoms with Crippen molar-refractivity contribution in [2.45, 2.75) is 44.1 Å². The Morgan fingerprint density at radius 1 is 1.37 bits per heavy atom. The van der Waals surface area contributed by atoms with E-state index < -0.39 is 5.82 Å². The van der Waals surface area contributed by atoms with Crippen molar-refractivity contribution in [1.82, 2.24) is 10.3 Å². The summed E-state index contributed by atoms with van der Waals surface area (Å²) in [5.41, 5.74) is -0.0949. The molecule has 1 saturated carbocycles. The maximum Gasteiger partial charge on any atom is 0.227 e. The molecular formula is C14H20FN3O. The van der Waals surface area contributed by atoms with Crippen molar-refractivity contribution in [3.05, 3.63) is 24.1 Å². The van der Waals surface area contributed by atoms with E-state index in [1.807, 2.05) is 7.05 Å². The second-order valence-corrected chi connectivity index (χ2v) is 5.18. The van der Waals surface area contributed by atoms with Crippen LogP contribution in [0.5, 0.6) is 0 Å². The van der Waals surface area contributed by atoms with Crippen LogP contribution >= 0.6 is 0 Å². The average molecular weight is 265 g/mol. The van der Waals surface area contributed by atoms with E-state index in [2.05, 4.69) is 15.6 Å². The third kappa shape index (κ3) is 3.73. The van der Waals surface area contributed by atoms with Crippen molar-refractivity contribution in [2.24, 2.45) is 0 Å². The van der Waals surface area contributed by atoms with E-state index in [1.165, 1.54) is 18.6 Å². The zero-order valence-corrected chi connectivity index (χ0v) is 11.2. The van der Waals surface area contributed by atoms with Crippen LogP contribution in [0.2, 0.25) is 0 Å². The minimum atomic E-state index is -0.406. The number of hydrogen-bond donors (Lipinski definition) is 2. The lowest BCUT2D eigenvalue weighted by Gasteiger charge is -2.36. The highest BCUT2D eigenvalue weighted by Crippen LogP contribution is 2.30. The molecule has 1 aliphatic rings. The fraction of sp³-hybridized carbons (Fsp3) is 0.571. The van der Waals surface area contributed by atoms with E-state index in [0.717, 1.165) is 31.9 Å². The summed E-state index contributed by atoms with van der Waals surface area (Å²) in [4.78, 5) is 15.9. The molecule has 0 atom stereocenters. The maximum absolute atomic E-state index is 12.7. The van der Waals surface area contributed by atoms with Crippen molar-refractivity contribution in [1.29, 1.82) is 0 Å². The summed E-state index contributed by atoms with van der Waals surface area (Å²) in [5, 5.41) is 6.02. The standard InChI is InChI=1S/C14H20FN3O/c1-16-14(7-3-2-4-8-14)9-13(19)18-12-6-5-11(15)10-17-12/h5-6,10,16H,2-4,7-9H2,1H3,(H,17,18,19). The number of aromatic nitrogens is 1. The number of amides is 1. The SMILES string of the molecule is CNC1(CC(=O)Nc2ccc(F)cn2)CCCCC1. The Labute approximate surface area is 112 Å². The normalized spacial score (nSPS) is 18.0. The summed E-state index contributed by atoms with van der Waals surface area (Å²) >= 11 is 0. The van der Waals surface area contributed by atoms with E-state index in [1.54, 1.807) is 0 Å². The lowest BCUT2D eigenvalue weighted by atomic mass is 9.79. The van der Waals surface area contributed by atoms with Crippen molar-refractivity contribution >= 4 is 11.7 Å². The van der Waals surface area contributed by atoms with Gasteiger partial charge in [0.05, 0.1) is 6.20 Å². The number of halogens is 1. The van der Waals surface area contributed by atoms with Crippen LogP contribution in [0.15, 0.2) is 18.3 Å². The first-order valence-electron chi connectivity index (χ1n) is 6.74. The molecule has 1 aromatic heterocycles. The van der Waals surface area contributed by atoms with E-state index in [9.17, 15) is 9.18 Å². The Bertz CT molecular complexity index is 427. The van der Waals surface area contributed by atoms with Crippen LogP contribution < -0.4 is 10.6 Å². The van der Waals surface area contributed by atoms with Gasteiger partial charge in [0.15, 0.2) is 0 Å². The molecule has 0 saturated heterocycles. The topological polar surface area (TPSA) is 54.0 Å². The van der Waals surface area contributed by atoms with Gasteiger partial charge in [0.25, 0.3) is 0 Å². The molecule has 19 heavy (non-hydrogen) atoms. The third-order valence-corrected chi connectivity index (χ3v) is 3.83. The number of rotatable bonds is 4. The molecular weight excluding hydrogens is 245 g/mol. The molecule has 2 rings (SSSR count). The van der Waals surface area contributed by atoms with Crippen molar-refractivity contribution in [2.75, 3.05) is 12.4 Å². The van der Waals surface area contributed by atoms with Gasteiger partial charge in [0.2, 0.25) is 5.91 Å². The quantitative estimate of drug-likeness (QED) is 0.879. The van der Waals surface area contributed by atoms with Gasteiger partial charge in [0, 0.05) is 12.0 Å². The summed E-state index contributed by atoms with van der Waals surface area (Å²) in [6, 6.07) is 2.76. The van der Waals surface area contributed by atoms with Crippen molar-refractivity contribution in [3.63, 3.8) is 0 Å². The largest absolute Gasteiger partial charge is 0.314 e. The summed E-state index contributed by atoms with van der Waals surface area (Å²) in [5.74, 6) is -0.0826. The van der Waals surface area contributed by atoms with Gasteiger partial charge in [-0.1, -0.05) is 19.3 Å². The van der Waals surface area contributed by atoms with Gasteiger partial charge in [-0.3, -0.25) is 4.79 Å². The Morgan fingerprint density at radius 3 is 2.68 bits per heavy atom. The number of hydrogen-bond acceptors (Lipinski definition) is 3. The molecule has 0 radical (unpaired) electrons. The second-order valence-electron chi connectivity index (χ2n) is 5.18. The smallest absolute Gasteiger partial charge is 0.227 e. The van der Waals surface area contributed by atoms with E-state index >= 15 is 0 Å². The first-order valence-corrected chi connectivity index (χ1v) is 6.74. The maximum atomic E-state index is 12.7. The van der Waals surface area contributed by atoms with Gasteiger partial charge in [-0.05, 0) is 32.0 Å². The molecule has 0 unspecified atom stereocenters. The van der Waals surface area contributed by atoms with Crippen LogP contribution in [0.1, 0.15) is 38.5 Å². The number of anilines is 1. The molecule has 0 spiro atoms. The van der Waals surface area contributed by atoms with Crippen LogP contribution in [0, 0.1) is 5.82 Å². The van der Waals surface area contributed by atoms with Gasteiger partial charge in [-0.15, -0.1) is 0 Å². The monoisotopic (exact) mass is 265 g/mol. The van der Waals surface area contributed by atoms with Crippen molar-refractivity contribution in [3.8, 4) is 0 Å². The zero-order valence-electron chi connectivity index (χ0n) is 11.2. The van der Waals surface area contributed by atoms with Gasteiger partial charge < -0.3 is 10.6 Å². The zero-order chi connectivity index (χ0) is 13.7. The third-order valence-electron chi connectivity index (χ3n) is 3.83. The predicted molar refractivity (Wildman–Crippen MR) is 72.3 cm³/mol. The average Bonchev–Trinajstić information content (AvgIpc) is 2.42. The Balaban J connectivity index is 1.94. The van der Waals surface area contributed by atoms with Gasteiger partial charge in [-0.25, -0.2) is 9.37 Å². The minimum Gasteiger partial charge on any atom is -0.314 e. The molecule has 1 amide bonds. The van der Waals surface area contributed by atoms with Gasteiger partial charge in [-0.2, -0.15) is 0 Å². The molecule has 1 aliphatic carbocycles. The molecule has 5 heteroatoms. The van der Waals surface area contributed by atoms with Gasteiger partial charge >= 0.3 is 0 Å². The highest BCUT2D eigenvalue weighted by Gasteiger charge is 2.32. The van der Waals surface area contributed by atoms with Gasteiger partial charge in [0.1, 0.15) is 11.6 Å². The minimum absolute atomic E-state index is 0.0737. The Kier molecular flexibility index (Phi) is 4.47. The lowest BCUT2D eigenvalue weighted by molar-refractivity contribution is -0.118. The molecule has 0 bridgehead atoms. The Hall–Kier alpha value is -1.49. The second kappa shape index (κ2) is 6.10. The predicted octanol–water partition coefficient (Wildman–Crippen LogP) is 2.47.